The Labute approximate surface area is 175 Å². The Morgan fingerprint density at radius 1 is 1.20 bits per heavy atom. The van der Waals surface area contributed by atoms with Crippen LogP contribution in [-0.4, -0.2) is 12.9 Å². The molecule has 6 heteroatoms. The zero-order valence-electron chi connectivity index (χ0n) is 16.7. The second kappa shape index (κ2) is 8.34. The number of nitrogens with zero attached hydrogens (tertiary/aromatic N) is 1. The number of allylic oxidation sites excluding steroid dienone is 3. The van der Waals surface area contributed by atoms with Crippen molar-refractivity contribution < 1.29 is 19.0 Å². The van der Waals surface area contributed by atoms with E-state index in [4.69, 9.17) is 19.9 Å². The van der Waals surface area contributed by atoms with Crippen LogP contribution in [0, 0.1) is 11.3 Å². The van der Waals surface area contributed by atoms with Crippen LogP contribution in [0.25, 0.3) is 0 Å². The molecule has 0 aromatic heterocycles. The molecule has 0 saturated heterocycles. The van der Waals surface area contributed by atoms with Gasteiger partial charge in [0.25, 0.3) is 0 Å². The predicted octanol–water partition coefficient (Wildman–Crippen LogP) is 4.09. The summed E-state index contributed by atoms with van der Waals surface area (Å²) in [5.41, 5.74) is 8.42. The van der Waals surface area contributed by atoms with Crippen molar-refractivity contribution in [2.75, 3.05) is 7.11 Å². The number of nitrogens with two attached hydrogens (primary N) is 1. The zero-order valence-corrected chi connectivity index (χ0v) is 16.7. The van der Waals surface area contributed by atoms with E-state index < -0.39 is 5.92 Å². The van der Waals surface area contributed by atoms with Crippen LogP contribution in [0.2, 0.25) is 0 Å². The number of carbonyl (C=O) groups excluding carboxylic acids is 1. The van der Waals surface area contributed by atoms with Crippen LogP contribution in [0.15, 0.2) is 71.3 Å². The molecule has 1 heterocycles. The molecule has 30 heavy (non-hydrogen) atoms. The average Bonchev–Trinajstić information content (AvgIpc) is 2.77. The fraction of sp³-hybridized carbons (Fsp3) is 0.250. The summed E-state index contributed by atoms with van der Waals surface area (Å²) in [5, 5.41) is 9.74. The second-order valence-electron chi connectivity index (χ2n) is 7.21. The minimum absolute atomic E-state index is 0.000552. The molecule has 0 radical (unpaired) electrons. The van der Waals surface area contributed by atoms with E-state index in [1.807, 2.05) is 48.5 Å². The summed E-state index contributed by atoms with van der Waals surface area (Å²) < 4.78 is 17.0. The Bertz CT molecular complexity index is 1080. The molecule has 0 amide bonds. The highest BCUT2D eigenvalue weighted by Crippen LogP contribution is 2.44. The third-order valence-corrected chi connectivity index (χ3v) is 5.38. The van der Waals surface area contributed by atoms with E-state index in [1.54, 1.807) is 7.11 Å². The Morgan fingerprint density at radius 2 is 2.00 bits per heavy atom. The van der Waals surface area contributed by atoms with Crippen molar-refractivity contribution in [1.82, 2.24) is 0 Å². The summed E-state index contributed by atoms with van der Waals surface area (Å²) in [6.07, 6.45) is 1.80. The number of Topliss-reactive ketones (excluding diaryl/α,β-unsaturated/α-hetero) is 1. The van der Waals surface area contributed by atoms with E-state index in [-0.39, 0.29) is 23.8 Å². The first-order chi connectivity index (χ1) is 14.6. The summed E-state index contributed by atoms with van der Waals surface area (Å²) in [5.74, 6) is 1.50. The molecule has 152 valence electrons. The quantitative estimate of drug-likeness (QED) is 0.809. The maximum Gasteiger partial charge on any atom is 0.205 e. The Morgan fingerprint density at radius 3 is 2.73 bits per heavy atom. The van der Waals surface area contributed by atoms with E-state index in [0.29, 0.717) is 29.9 Å². The molecular weight excluding hydrogens is 380 g/mol. The molecule has 2 N–H and O–H groups in total. The van der Waals surface area contributed by atoms with Crippen LogP contribution in [0.3, 0.4) is 0 Å². The van der Waals surface area contributed by atoms with Gasteiger partial charge in [-0.1, -0.05) is 24.3 Å². The number of benzene rings is 2. The standard InChI is InChI=1S/C24H22N2O4/c1-28-20-11-10-15(12-16(20)14-29-17-6-3-2-4-7-17)22-18(13-25)24(26)30-21-9-5-8-19(27)23(21)22/h2-4,6-7,10-12,22H,5,8-9,14,26H2,1H3. The molecule has 1 aliphatic heterocycles. The minimum atomic E-state index is -0.548. The number of carbonyl (C=O) groups is 1. The van der Waals surface area contributed by atoms with Gasteiger partial charge in [0, 0.05) is 24.0 Å². The van der Waals surface area contributed by atoms with E-state index in [0.717, 1.165) is 23.3 Å². The number of hydrogen-bond acceptors (Lipinski definition) is 6. The number of hydrogen-bond donors (Lipinski definition) is 1. The molecule has 0 saturated carbocycles. The summed E-state index contributed by atoms with van der Waals surface area (Å²) in [7, 11) is 1.60. The van der Waals surface area contributed by atoms with Gasteiger partial charge in [-0.3, -0.25) is 4.79 Å². The van der Waals surface area contributed by atoms with Gasteiger partial charge in [0.05, 0.1) is 13.0 Å². The summed E-state index contributed by atoms with van der Waals surface area (Å²) in [6, 6.07) is 17.2. The van der Waals surface area contributed by atoms with E-state index in [1.165, 1.54) is 0 Å². The highest BCUT2D eigenvalue weighted by Gasteiger charge is 2.38. The fourth-order valence-corrected chi connectivity index (χ4v) is 3.96. The van der Waals surface area contributed by atoms with Gasteiger partial charge in [-0.15, -0.1) is 0 Å². The molecule has 2 aromatic rings. The molecule has 2 aliphatic rings. The van der Waals surface area contributed by atoms with Crippen molar-refractivity contribution in [3.63, 3.8) is 0 Å². The van der Waals surface area contributed by atoms with Crippen molar-refractivity contribution >= 4 is 5.78 Å². The topological polar surface area (TPSA) is 94.6 Å². The van der Waals surface area contributed by atoms with Crippen LogP contribution in [0.4, 0.5) is 0 Å². The Kier molecular flexibility index (Phi) is 5.44. The molecule has 2 aromatic carbocycles. The maximum atomic E-state index is 12.7. The highest BCUT2D eigenvalue weighted by molar-refractivity contribution is 5.99. The lowest BCUT2D eigenvalue weighted by molar-refractivity contribution is -0.116. The highest BCUT2D eigenvalue weighted by atomic mass is 16.5. The lowest BCUT2D eigenvalue weighted by Crippen LogP contribution is -2.27. The second-order valence-corrected chi connectivity index (χ2v) is 7.21. The largest absolute Gasteiger partial charge is 0.496 e. The monoisotopic (exact) mass is 402 g/mol. The molecule has 1 aliphatic carbocycles. The lowest BCUT2D eigenvalue weighted by Gasteiger charge is -2.31. The number of methoxy groups -OCH3 is 1. The fourth-order valence-electron chi connectivity index (χ4n) is 3.96. The Hall–Kier alpha value is -3.72. The Balaban J connectivity index is 1.74. The summed E-state index contributed by atoms with van der Waals surface area (Å²) in [4.78, 5) is 12.7. The number of para-hydroxylation sites is 1. The molecular formula is C24H22N2O4. The van der Waals surface area contributed by atoms with Gasteiger partial charge in [0.2, 0.25) is 5.88 Å². The van der Waals surface area contributed by atoms with Crippen molar-refractivity contribution in [2.45, 2.75) is 31.8 Å². The lowest BCUT2D eigenvalue weighted by atomic mass is 9.77. The maximum absolute atomic E-state index is 12.7. The molecule has 1 unspecified atom stereocenters. The van der Waals surface area contributed by atoms with Crippen molar-refractivity contribution in [3.05, 3.63) is 82.4 Å². The third-order valence-electron chi connectivity index (χ3n) is 5.38. The zero-order chi connectivity index (χ0) is 21.1. The first-order valence-electron chi connectivity index (χ1n) is 9.81. The van der Waals surface area contributed by atoms with E-state index in [9.17, 15) is 10.1 Å². The van der Waals surface area contributed by atoms with Gasteiger partial charge in [-0.2, -0.15) is 5.26 Å². The first kappa shape index (κ1) is 19.6. The van der Waals surface area contributed by atoms with Gasteiger partial charge in [0.15, 0.2) is 5.78 Å². The molecule has 0 bridgehead atoms. The SMILES string of the molecule is COc1ccc(C2C(C#N)=C(N)OC3=C2C(=O)CCC3)cc1COc1ccccc1. The van der Waals surface area contributed by atoms with Gasteiger partial charge in [0.1, 0.15) is 35.5 Å². The van der Waals surface area contributed by atoms with Crippen LogP contribution in [0.1, 0.15) is 36.3 Å². The van der Waals surface area contributed by atoms with Crippen LogP contribution in [-0.2, 0) is 16.1 Å². The van der Waals surface area contributed by atoms with Gasteiger partial charge < -0.3 is 19.9 Å². The van der Waals surface area contributed by atoms with E-state index >= 15 is 0 Å². The van der Waals surface area contributed by atoms with Crippen molar-refractivity contribution in [2.24, 2.45) is 5.73 Å². The number of rotatable bonds is 5. The molecule has 0 spiro atoms. The van der Waals surface area contributed by atoms with Crippen molar-refractivity contribution in [3.8, 4) is 17.6 Å². The molecule has 6 nitrogen and oxygen atoms in total. The normalized spacial score (nSPS) is 18.4. The predicted molar refractivity (Wildman–Crippen MR) is 110 cm³/mol. The number of nitriles is 1. The average molecular weight is 402 g/mol. The summed E-state index contributed by atoms with van der Waals surface area (Å²) >= 11 is 0. The van der Waals surface area contributed by atoms with Gasteiger partial charge in [-0.05, 0) is 36.2 Å². The molecule has 4 rings (SSSR count). The smallest absolute Gasteiger partial charge is 0.205 e. The molecule has 0 fully saturated rings. The van der Waals surface area contributed by atoms with Gasteiger partial charge >= 0.3 is 0 Å². The summed E-state index contributed by atoms with van der Waals surface area (Å²) in [6.45, 7) is 0.283. The number of ketones is 1. The van der Waals surface area contributed by atoms with Gasteiger partial charge in [-0.25, -0.2) is 0 Å². The van der Waals surface area contributed by atoms with Crippen LogP contribution in [0.5, 0.6) is 11.5 Å². The van der Waals surface area contributed by atoms with Crippen LogP contribution >= 0.6 is 0 Å². The minimum Gasteiger partial charge on any atom is -0.496 e. The van der Waals surface area contributed by atoms with Crippen LogP contribution < -0.4 is 15.2 Å². The third kappa shape index (κ3) is 3.62. The van der Waals surface area contributed by atoms with Crippen molar-refractivity contribution in [1.29, 1.82) is 5.26 Å². The number of ether oxygens (including phenoxy) is 3. The first-order valence-corrected chi connectivity index (χ1v) is 9.81. The van der Waals surface area contributed by atoms with E-state index in [2.05, 4.69) is 6.07 Å². The molecule has 1 atom stereocenters.